The van der Waals surface area contributed by atoms with E-state index in [9.17, 15) is 0 Å². The van der Waals surface area contributed by atoms with Crippen LogP contribution in [0.1, 0.15) is 69.2 Å². The second-order valence-corrected chi connectivity index (χ2v) is 5.53. The molecule has 0 amide bonds. The molecule has 100 valence electrons. The maximum atomic E-state index is 6.40. The Hall–Kier alpha value is -0.940. The van der Waals surface area contributed by atoms with E-state index in [0.717, 1.165) is 51.6 Å². The number of nitrogens with two attached hydrogens (primary N) is 1. The zero-order valence-corrected chi connectivity index (χ0v) is 10.7. The lowest BCUT2D eigenvalue weighted by Gasteiger charge is -2.29. The predicted molar refractivity (Wildman–Crippen MR) is 65.8 cm³/mol. The van der Waals surface area contributed by atoms with Crippen LogP contribution in [0.15, 0.2) is 4.52 Å². The standard InChI is InChI=1S/C13H21N3O2/c14-13(7-3-1-4-8-13)12-15-11(18-16-12)10-6-2-5-9-17-10/h10H,1-9,14H2. The minimum atomic E-state index is -0.380. The third-order valence-electron chi connectivity index (χ3n) is 4.09. The lowest BCUT2D eigenvalue weighted by molar-refractivity contribution is -0.00459. The zero-order chi connectivity index (χ0) is 12.4. The highest BCUT2D eigenvalue weighted by atomic mass is 16.5. The van der Waals surface area contributed by atoms with E-state index < -0.39 is 0 Å². The molecule has 2 N–H and O–H groups in total. The van der Waals surface area contributed by atoms with Crippen LogP contribution in [0.3, 0.4) is 0 Å². The summed E-state index contributed by atoms with van der Waals surface area (Å²) in [4.78, 5) is 4.50. The van der Waals surface area contributed by atoms with Crippen LogP contribution in [0.4, 0.5) is 0 Å². The molecule has 1 aliphatic heterocycles. The van der Waals surface area contributed by atoms with E-state index in [4.69, 9.17) is 15.0 Å². The first-order chi connectivity index (χ1) is 8.78. The molecular formula is C13H21N3O2. The Morgan fingerprint density at radius 1 is 1.11 bits per heavy atom. The molecule has 0 bridgehead atoms. The fraction of sp³-hybridized carbons (Fsp3) is 0.846. The summed E-state index contributed by atoms with van der Waals surface area (Å²) in [6, 6.07) is 0. The fourth-order valence-electron chi connectivity index (χ4n) is 2.91. The Labute approximate surface area is 107 Å². The maximum absolute atomic E-state index is 6.40. The summed E-state index contributed by atoms with van der Waals surface area (Å²) in [6.07, 6.45) is 8.71. The number of rotatable bonds is 2. The lowest BCUT2D eigenvalue weighted by atomic mass is 9.82. The molecule has 5 heteroatoms. The molecule has 0 radical (unpaired) electrons. The predicted octanol–water partition coefficient (Wildman–Crippen LogP) is 2.43. The van der Waals surface area contributed by atoms with Crippen LogP contribution >= 0.6 is 0 Å². The van der Waals surface area contributed by atoms with Gasteiger partial charge >= 0.3 is 0 Å². The molecule has 1 atom stereocenters. The SMILES string of the molecule is NC1(c2noc(C3CCCCO3)n2)CCCCC1. The average molecular weight is 251 g/mol. The van der Waals surface area contributed by atoms with E-state index in [1.165, 1.54) is 6.42 Å². The molecule has 18 heavy (non-hydrogen) atoms. The van der Waals surface area contributed by atoms with Crippen LogP contribution in [0.5, 0.6) is 0 Å². The summed E-state index contributed by atoms with van der Waals surface area (Å²) < 4.78 is 11.0. The smallest absolute Gasteiger partial charge is 0.255 e. The van der Waals surface area contributed by atoms with Gasteiger partial charge in [0.1, 0.15) is 6.10 Å². The van der Waals surface area contributed by atoms with Gasteiger partial charge in [-0.3, -0.25) is 0 Å². The highest BCUT2D eigenvalue weighted by Gasteiger charge is 2.35. The molecule has 0 spiro atoms. The Balaban J connectivity index is 1.75. The van der Waals surface area contributed by atoms with Crippen molar-refractivity contribution < 1.29 is 9.26 Å². The van der Waals surface area contributed by atoms with Gasteiger partial charge in [-0.15, -0.1) is 0 Å². The van der Waals surface area contributed by atoms with Gasteiger partial charge in [0.2, 0.25) is 0 Å². The Kier molecular flexibility index (Phi) is 3.35. The fourth-order valence-corrected chi connectivity index (χ4v) is 2.91. The van der Waals surface area contributed by atoms with Crippen molar-refractivity contribution >= 4 is 0 Å². The Morgan fingerprint density at radius 2 is 1.94 bits per heavy atom. The molecule has 2 fully saturated rings. The molecule has 0 aromatic carbocycles. The van der Waals surface area contributed by atoms with Gasteiger partial charge in [0.15, 0.2) is 5.82 Å². The summed E-state index contributed by atoms with van der Waals surface area (Å²) in [5, 5.41) is 4.10. The van der Waals surface area contributed by atoms with Crippen molar-refractivity contribution in [1.82, 2.24) is 10.1 Å². The van der Waals surface area contributed by atoms with Crippen LogP contribution in [0.25, 0.3) is 0 Å². The van der Waals surface area contributed by atoms with Crippen LogP contribution in [-0.2, 0) is 10.3 Å². The van der Waals surface area contributed by atoms with Gasteiger partial charge in [0.05, 0.1) is 5.54 Å². The number of hydrogen-bond acceptors (Lipinski definition) is 5. The summed E-state index contributed by atoms with van der Waals surface area (Å²) in [5.41, 5.74) is 6.02. The van der Waals surface area contributed by atoms with Gasteiger partial charge in [-0.25, -0.2) is 0 Å². The van der Waals surface area contributed by atoms with E-state index in [-0.39, 0.29) is 11.6 Å². The second-order valence-electron chi connectivity index (χ2n) is 5.53. The highest BCUT2D eigenvalue weighted by molar-refractivity contribution is 5.06. The Bertz CT molecular complexity index is 393. The molecular weight excluding hydrogens is 230 g/mol. The largest absolute Gasteiger partial charge is 0.368 e. The van der Waals surface area contributed by atoms with Gasteiger partial charge in [-0.1, -0.05) is 24.4 Å². The molecule has 1 aliphatic carbocycles. The van der Waals surface area contributed by atoms with Crippen molar-refractivity contribution in [3.05, 3.63) is 11.7 Å². The number of hydrogen-bond donors (Lipinski definition) is 1. The third-order valence-corrected chi connectivity index (χ3v) is 4.09. The topological polar surface area (TPSA) is 74.2 Å². The third kappa shape index (κ3) is 2.29. The lowest BCUT2D eigenvalue weighted by Crippen LogP contribution is -2.39. The molecule has 2 heterocycles. The first kappa shape index (κ1) is 12.1. The minimum absolute atomic E-state index is 0.0211. The quantitative estimate of drug-likeness (QED) is 0.873. The van der Waals surface area contributed by atoms with Crippen LogP contribution in [-0.4, -0.2) is 16.7 Å². The monoisotopic (exact) mass is 251 g/mol. The van der Waals surface area contributed by atoms with E-state index in [1.807, 2.05) is 0 Å². The molecule has 1 unspecified atom stereocenters. The van der Waals surface area contributed by atoms with Crippen molar-refractivity contribution in [2.75, 3.05) is 6.61 Å². The van der Waals surface area contributed by atoms with Crippen molar-refractivity contribution in [1.29, 1.82) is 0 Å². The first-order valence-corrected chi connectivity index (χ1v) is 7.02. The number of ether oxygens (including phenoxy) is 1. The second kappa shape index (κ2) is 4.97. The molecule has 5 nitrogen and oxygen atoms in total. The van der Waals surface area contributed by atoms with Crippen LogP contribution in [0.2, 0.25) is 0 Å². The van der Waals surface area contributed by atoms with Gasteiger partial charge in [-0.2, -0.15) is 4.98 Å². The van der Waals surface area contributed by atoms with Crippen molar-refractivity contribution in [2.45, 2.75) is 63.0 Å². The maximum Gasteiger partial charge on any atom is 0.255 e. The zero-order valence-electron chi connectivity index (χ0n) is 10.7. The summed E-state index contributed by atoms with van der Waals surface area (Å²) in [5.74, 6) is 1.28. The van der Waals surface area contributed by atoms with E-state index >= 15 is 0 Å². The number of aromatic nitrogens is 2. The van der Waals surface area contributed by atoms with Crippen LogP contribution in [0, 0.1) is 0 Å². The summed E-state index contributed by atoms with van der Waals surface area (Å²) >= 11 is 0. The van der Waals surface area contributed by atoms with Crippen molar-refractivity contribution in [3.63, 3.8) is 0 Å². The van der Waals surface area contributed by atoms with Gasteiger partial charge in [-0.05, 0) is 32.1 Å². The molecule has 1 aromatic heterocycles. The molecule has 1 saturated heterocycles. The van der Waals surface area contributed by atoms with Crippen molar-refractivity contribution in [2.24, 2.45) is 5.73 Å². The average Bonchev–Trinajstić information content (AvgIpc) is 2.91. The first-order valence-electron chi connectivity index (χ1n) is 7.02. The molecule has 3 rings (SSSR count). The van der Waals surface area contributed by atoms with E-state index in [0.29, 0.717) is 11.7 Å². The normalized spacial score (nSPS) is 28.2. The van der Waals surface area contributed by atoms with Gasteiger partial charge in [0, 0.05) is 6.61 Å². The molecule has 1 aromatic rings. The highest BCUT2D eigenvalue weighted by Crippen LogP contribution is 2.34. The number of nitrogens with zero attached hydrogens (tertiary/aromatic N) is 2. The minimum Gasteiger partial charge on any atom is -0.368 e. The van der Waals surface area contributed by atoms with Crippen LogP contribution < -0.4 is 5.73 Å². The Morgan fingerprint density at radius 3 is 2.67 bits per heavy atom. The summed E-state index contributed by atoms with van der Waals surface area (Å²) in [7, 11) is 0. The van der Waals surface area contributed by atoms with Gasteiger partial charge in [0.25, 0.3) is 5.89 Å². The molecule has 2 aliphatic rings. The van der Waals surface area contributed by atoms with Crippen molar-refractivity contribution in [3.8, 4) is 0 Å². The van der Waals surface area contributed by atoms with E-state index in [2.05, 4.69) is 10.1 Å². The summed E-state index contributed by atoms with van der Waals surface area (Å²) in [6.45, 7) is 0.788. The van der Waals surface area contributed by atoms with Gasteiger partial charge < -0.3 is 15.0 Å². The molecule has 1 saturated carbocycles. The van der Waals surface area contributed by atoms with E-state index in [1.54, 1.807) is 0 Å².